The number of guanidine groups is 1. The van der Waals surface area contributed by atoms with Gasteiger partial charge in [-0.2, -0.15) is 0 Å². The maximum atomic E-state index is 12.0. The van der Waals surface area contributed by atoms with Crippen LogP contribution in [0.25, 0.3) is 0 Å². The Morgan fingerprint density at radius 1 is 1.16 bits per heavy atom. The Bertz CT molecular complexity index is 798. The number of nitrogens with two attached hydrogens (primary N) is 1. The smallest absolute Gasteiger partial charge is 0.240 e. The number of nitrogens with zero attached hydrogens (tertiary/aromatic N) is 1. The Morgan fingerprint density at radius 2 is 1.88 bits per heavy atom. The number of rotatable bonds is 7. The molecule has 0 aromatic heterocycles. The lowest BCUT2D eigenvalue weighted by atomic mass is 10.3. The summed E-state index contributed by atoms with van der Waals surface area (Å²) in [5, 5.41) is 2.92. The van der Waals surface area contributed by atoms with E-state index in [9.17, 15) is 8.42 Å². The molecule has 0 bridgehead atoms. The average molecular weight is 476 g/mol. The van der Waals surface area contributed by atoms with Crippen molar-refractivity contribution in [1.29, 1.82) is 0 Å². The molecule has 9 heteroatoms. The average Bonchev–Trinajstić information content (AvgIpc) is 2.60. The Morgan fingerprint density at radius 3 is 2.56 bits per heavy atom. The molecule has 0 aliphatic rings. The normalized spacial score (nSPS) is 11.5. The van der Waals surface area contributed by atoms with Gasteiger partial charge in [-0.15, -0.1) is 24.0 Å². The Labute approximate surface area is 164 Å². The van der Waals surface area contributed by atoms with Crippen molar-refractivity contribution in [3.8, 4) is 5.75 Å². The van der Waals surface area contributed by atoms with Gasteiger partial charge in [-0.3, -0.25) is 4.99 Å². The minimum atomic E-state index is -3.52. The van der Waals surface area contributed by atoms with Gasteiger partial charge in [0.05, 0.1) is 18.6 Å². The fraction of sp³-hybridized carbons (Fsp3) is 0.188. The van der Waals surface area contributed by atoms with Crippen LogP contribution < -0.4 is 20.5 Å². The van der Waals surface area contributed by atoms with Gasteiger partial charge in [0, 0.05) is 18.3 Å². The number of methoxy groups -OCH3 is 1. The summed E-state index contributed by atoms with van der Waals surface area (Å²) in [6, 6.07) is 15.4. The second kappa shape index (κ2) is 10.2. The lowest BCUT2D eigenvalue weighted by molar-refractivity contribution is 0.415. The molecule has 2 aromatic carbocycles. The number of anilines is 1. The van der Waals surface area contributed by atoms with E-state index < -0.39 is 10.0 Å². The van der Waals surface area contributed by atoms with E-state index in [0.717, 1.165) is 5.69 Å². The van der Waals surface area contributed by atoms with Crippen LogP contribution in [0, 0.1) is 0 Å². The number of hydrogen-bond donors (Lipinski definition) is 3. The molecule has 4 N–H and O–H groups in total. The number of ether oxygens (including phenoxy) is 1. The molecule has 7 nitrogen and oxygen atoms in total. The molecule has 2 rings (SSSR count). The topological polar surface area (TPSA) is 106 Å². The van der Waals surface area contributed by atoms with E-state index >= 15 is 0 Å². The standard InChI is InChI=1S/C16H20N4O3S.HI/c1-23-14-7-5-6-13(12-14)20-16(17)18-10-11-19-24(21,22)15-8-3-2-4-9-15;/h2-9,12,19H,10-11H2,1H3,(H3,17,18,20);1H. The van der Waals surface area contributed by atoms with Crippen molar-refractivity contribution in [1.82, 2.24) is 4.72 Å². The SMILES string of the molecule is COc1cccc(NC(N)=NCCNS(=O)(=O)c2ccccc2)c1.I. The predicted octanol–water partition coefficient (Wildman–Crippen LogP) is 2.02. The molecular weight excluding hydrogens is 455 g/mol. The highest BCUT2D eigenvalue weighted by atomic mass is 127. The van der Waals surface area contributed by atoms with Gasteiger partial charge in [0.1, 0.15) is 5.75 Å². The summed E-state index contributed by atoms with van der Waals surface area (Å²) < 4.78 is 31.6. The summed E-state index contributed by atoms with van der Waals surface area (Å²) in [6.45, 7) is 0.368. The van der Waals surface area contributed by atoms with Crippen LogP contribution in [0.1, 0.15) is 0 Å². The Kier molecular flexibility index (Phi) is 8.66. The first-order valence-electron chi connectivity index (χ1n) is 7.27. The second-order valence-electron chi connectivity index (χ2n) is 4.83. The highest BCUT2D eigenvalue weighted by Crippen LogP contribution is 2.16. The third kappa shape index (κ3) is 6.88. The van der Waals surface area contributed by atoms with Crippen LogP contribution in [0.15, 0.2) is 64.5 Å². The summed E-state index contributed by atoms with van der Waals surface area (Å²) in [6.07, 6.45) is 0. The van der Waals surface area contributed by atoms with E-state index in [-0.39, 0.29) is 47.9 Å². The van der Waals surface area contributed by atoms with Crippen molar-refractivity contribution >= 4 is 45.6 Å². The first-order chi connectivity index (χ1) is 11.5. The van der Waals surface area contributed by atoms with E-state index in [4.69, 9.17) is 10.5 Å². The van der Waals surface area contributed by atoms with Crippen molar-refractivity contribution < 1.29 is 13.2 Å². The van der Waals surface area contributed by atoms with E-state index in [1.54, 1.807) is 31.4 Å². The summed E-state index contributed by atoms with van der Waals surface area (Å²) >= 11 is 0. The number of sulfonamides is 1. The van der Waals surface area contributed by atoms with E-state index in [0.29, 0.717) is 5.75 Å². The molecule has 0 aliphatic heterocycles. The van der Waals surface area contributed by atoms with Gasteiger partial charge < -0.3 is 15.8 Å². The maximum absolute atomic E-state index is 12.0. The van der Waals surface area contributed by atoms with Gasteiger partial charge >= 0.3 is 0 Å². The largest absolute Gasteiger partial charge is 0.497 e. The monoisotopic (exact) mass is 476 g/mol. The van der Waals surface area contributed by atoms with Crippen molar-refractivity contribution in [3.05, 3.63) is 54.6 Å². The third-order valence-corrected chi connectivity index (χ3v) is 4.56. The third-order valence-electron chi connectivity index (χ3n) is 3.08. The van der Waals surface area contributed by atoms with Crippen LogP contribution in [0.4, 0.5) is 5.69 Å². The van der Waals surface area contributed by atoms with Crippen LogP contribution in [0.3, 0.4) is 0 Å². The number of hydrogen-bond acceptors (Lipinski definition) is 4. The van der Waals surface area contributed by atoms with Crippen LogP contribution in [0.2, 0.25) is 0 Å². The van der Waals surface area contributed by atoms with E-state index in [1.807, 2.05) is 18.2 Å². The molecule has 0 heterocycles. The first-order valence-corrected chi connectivity index (χ1v) is 8.75. The van der Waals surface area contributed by atoms with E-state index in [2.05, 4.69) is 15.0 Å². The molecule has 2 aromatic rings. The van der Waals surface area contributed by atoms with Gasteiger partial charge in [-0.25, -0.2) is 13.1 Å². The molecule has 0 saturated carbocycles. The molecule has 25 heavy (non-hydrogen) atoms. The number of nitrogens with one attached hydrogen (secondary N) is 2. The Balaban J connectivity index is 0.00000312. The number of benzene rings is 2. The van der Waals surface area contributed by atoms with Gasteiger partial charge in [-0.1, -0.05) is 24.3 Å². The molecule has 0 spiro atoms. The first kappa shape index (κ1) is 21.2. The van der Waals surface area contributed by atoms with E-state index in [1.165, 1.54) is 12.1 Å². The molecule has 0 radical (unpaired) electrons. The fourth-order valence-electron chi connectivity index (χ4n) is 1.93. The molecule has 0 fully saturated rings. The van der Waals surface area contributed by atoms with Crippen molar-refractivity contribution in [2.24, 2.45) is 10.7 Å². The zero-order valence-corrected chi connectivity index (χ0v) is 16.8. The molecule has 0 unspecified atom stereocenters. The summed E-state index contributed by atoms with van der Waals surface area (Å²) in [7, 11) is -1.94. The second-order valence-corrected chi connectivity index (χ2v) is 6.60. The van der Waals surface area contributed by atoms with Crippen LogP contribution in [-0.4, -0.2) is 34.6 Å². The fourth-order valence-corrected chi connectivity index (χ4v) is 2.97. The highest BCUT2D eigenvalue weighted by molar-refractivity contribution is 14.0. The maximum Gasteiger partial charge on any atom is 0.240 e. The zero-order valence-electron chi connectivity index (χ0n) is 13.7. The molecule has 0 atom stereocenters. The van der Waals surface area contributed by atoms with Gasteiger partial charge in [0.25, 0.3) is 0 Å². The highest BCUT2D eigenvalue weighted by Gasteiger charge is 2.11. The molecule has 0 saturated heterocycles. The lowest BCUT2D eigenvalue weighted by Crippen LogP contribution is -2.28. The van der Waals surface area contributed by atoms with Gasteiger partial charge in [-0.05, 0) is 24.3 Å². The van der Waals surface area contributed by atoms with Gasteiger partial charge in [0.15, 0.2) is 5.96 Å². The van der Waals surface area contributed by atoms with Crippen LogP contribution in [0.5, 0.6) is 5.75 Å². The minimum Gasteiger partial charge on any atom is -0.497 e. The van der Waals surface area contributed by atoms with Gasteiger partial charge in [0.2, 0.25) is 10.0 Å². The van der Waals surface area contributed by atoms with Crippen LogP contribution in [-0.2, 0) is 10.0 Å². The molecule has 0 amide bonds. The van der Waals surface area contributed by atoms with Crippen molar-refractivity contribution in [2.45, 2.75) is 4.90 Å². The van der Waals surface area contributed by atoms with Crippen molar-refractivity contribution in [3.63, 3.8) is 0 Å². The molecule has 0 aliphatic carbocycles. The minimum absolute atomic E-state index is 0. The quantitative estimate of drug-likeness (QED) is 0.246. The molecule has 136 valence electrons. The molecular formula is C16H21IN4O3S. The lowest BCUT2D eigenvalue weighted by Gasteiger charge is -2.08. The Hall–Kier alpha value is -1.85. The summed E-state index contributed by atoms with van der Waals surface area (Å²) in [4.78, 5) is 4.31. The predicted molar refractivity (Wildman–Crippen MR) is 110 cm³/mol. The number of halogens is 1. The summed E-state index contributed by atoms with van der Waals surface area (Å²) in [5.74, 6) is 0.894. The zero-order chi connectivity index (χ0) is 17.4. The van der Waals surface area contributed by atoms with Crippen LogP contribution >= 0.6 is 24.0 Å². The number of aliphatic imine (C=N–C) groups is 1. The van der Waals surface area contributed by atoms with Crippen molar-refractivity contribution in [2.75, 3.05) is 25.5 Å². The summed E-state index contributed by atoms with van der Waals surface area (Å²) in [5.41, 5.74) is 6.52.